The number of hydrogen-bond donors (Lipinski definition) is 1. The Morgan fingerprint density at radius 1 is 0.750 bits per heavy atom. The number of hydrogen-bond acceptors (Lipinski definition) is 6. The van der Waals surface area contributed by atoms with E-state index in [4.69, 9.17) is 18.9 Å². The molecule has 1 aliphatic heterocycles. The predicted octanol–water partition coefficient (Wildman–Crippen LogP) is 3.08. The van der Waals surface area contributed by atoms with E-state index in [2.05, 4.69) is 4.90 Å². The van der Waals surface area contributed by atoms with E-state index in [1.54, 1.807) is 14.2 Å². The van der Waals surface area contributed by atoms with Crippen molar-refractivity contribution in [1.82, 2.24) is 4.90 Å². The van der Waals surface area contributed by atoms with Crippen LogP contribution in [0.5, 0.6) is 0 Å². The highest BCUT2D eigenvalue weighted by atomic mass is 16.5. The van der Waals surface area contributed by atoms with Gasteiger partial charge in [0.15, 0.2) is 0 Å². The molecule has 1 saturated heterocycles. The predicted molar refractivity (Wildman–Crippen MR) is 125 cm³/mol. The molecule has 176 valence electrons. The third-order valence-electron chi connectivity index (χ3n) is 6.17. The standard InChI is InChI=1S/C26H37NO5/c1-29-15-17-31-19-24-13-14-25(20-32-18-16-30-2)27(24)21-26(28,22-9-5-3-6-10-22)23-11-7-4-8-12-23/h3-12,24-25,28H,13-21H2,1-2H3/t24-,25-/m1/s1. The average molecular weight is 444 g/mol. The van der Waals surface area contributed by atoms with Crippen molar-refractivity contribution in [1.29, 1.82) is 0 Å². The molecule has 3 rings (SSSR count). The van der Waals surface area contributed by atoms with E-state index >= 15 is 0 Å². The molecule has 2 aromatic rings. The second-order valence-corrected chi connectivity index (χ2v) is 8.29. The largest absolute Gasteiger partial charge is 0.382 e. The Kier molecular flexibility index (Phi) is 10.1. The van der Waals surface area contributed by atoms with Gasteiger partial charge in [-0.3, -0.25) is 4.90 Å². The first-order chi connectivity index (χ1) is 15.7. The molecule has 2 atom stereocenters. The van der Waals surface area contributed by atoms with Crippen LogP contribution in [0.2, 0.25) is 0 Å². The van der Waals surface area contributed by atoms with Gasteiger partial charge in [-0.2, -0.15) is 0 Å². The molecule has 1 aliphatic rings. The summed E-state index contributed by atoms with van der Waals surface area (Å²) in [5, 5.41) is 12.1. The number of likely N-dealkylation sites (tertiary alicyclic amines) is 1. The van der Waals surface area contributed by atoms with E-state index in [0.29, 0.717) is 46.2 Å². The topological polar surface area (TPSA) is 60.4 Å². The number of β-amino-alcohol motifs (C(OH)–C–C–N with tert-alkyl or cyclic N) is 1. The Balaban J connectivity index is 1.82. The summed E-state index contributed by atoms with van der Waals surface area (Å²) in [6.07, 6.45) is 2.01. The zero-order valence-electron chi connectivity index (χ0n) is 19.3. The van der Waals surface area contributed by atoms with Gasteiger partial charge in [0.1, 0.15) is 5.60 Å². The van der Waals surface area contributed by atoms with Crippen LogP contribution in [-0.2, 0) is 24.5 Å². The summed E-state index contributed by atoms with van der Waals surface area (Å²) in [7, 11) is 3.36. The van der Waals surface area contributed by atoms with Crippen LogP contribution < -0.4 is 0 Å². The number of methoxy groups -OCH3 is 2. The van der Waals surface area contributed by atoms with Gasteiger partial charge >= 0.3 is 0 Å². The number of aliphatic hydroxyl groups is 1. The maximum absolute atomic E-state index is 12.1. The van der Waals surface area contributed by atoms with Crippen molar-refractivity contribution in [2.75, 3.05) is 60.4 Å². The minimum atomic E-state index is -1.14. The normalized spacial score (nSPS) is 19.5. The summed E-state index contributed by atoms with van der Waals surface area (Å²) in [5.74, 6) is 0. The third-order valence-corrected chi connectivity index (χ3v) is 6.17. The molecular formula is C26H37NO5. The van der Waals surface area contributed by atoms with Crippen LogP contribution in [0.15, 0.2) is 60.7 Å². The fraction of sp³-hybridized carbons (Fsp3) is 0.538. The lowest BCUT2D eigenvalue weighted by Crippen LogP contribution is -2.49. The molecule has 0 unspecified atom stereocenters. The number of ether oxygens (including phenoxy) is 4. The fourth-order valence-corrected chi connectivity index (χ4v) is 4.40. The van der Waals surface area contributed by atoms with Gasteiger partial charge in [0.25, 0.3) is 0 Å². The van der Waals surface area contributed by atoms with E-state index in [1.165, 1.54) is 0 Å². The van der Waals surface area contributed by atoms with Crippen molar-refractivity contribution in [3.63, 3.8) is 0 Å². The van der Waals surface area contributed by atoms with Gasteiger partial charge in [-0.25, -0.2) is 0 Å². The van der Waals surface area contributed by atoms with Crippen molar-refractivity contribution in [3.05, 3.63) is 71.8 Å². The lowest BCUT2D eigenvalue weighted by atomic mass is 9.85. The number of benzene rings is 2. The molecule has 0 spiro atoms. The van der Waals surface area contributed by atoms with Crippen LogP contribution in [-0.4, -0.2) is 82.5 Å². The van der Waals surface area contributed by atoms with Crippen LogP contribution in [0.3, 0.4) is 0 Å². The minimum absolute atomic E-state index is 0.210. The quantitative estimate of drug-likeness (QED) is 0.453. The van der Waals surface area contributed by atoms with E-state index in [-0.39, 0.29) is 12.1 Å². The highest BCUT2D eigenvalue weighted by molar-refractivity contribution is 5.36. The smallest absolute Gasteiger partial charge is 0.127 e. The summed E-state index contributed by atoms with van der Waals surface area (Å²) in [6, 6.07) is 20.3. The lowest BCUT2D eigenvalue weighted by Gasteiger charge is -2.39. The van der Waals surface area contributed by atoms with Crippen molar-refractivity contribution < 1.29 is 24.1 Å². The molecule has 0 bridgehead atoms. The molecule has 1 fully saturated rings. The zero-order chi connectivity index (χ0) is 22.7. The highest BCUT2D eigenvalue weighted by Crippen LogP contribution is 2.35. The van der Waals surface area contributed by atoms with E-state index < -0.39 is 5.60 Å². The van der Waals surface area contributed by atoms with Gasteiger partial charge in [-0.15, -0.1) is 0 Å². The molecule has 0 saturated carbocycles. The minimum Gasteiger partial charge on any atom is -0.382 e. The molecule has 6 heteroatoms. The van der Waals surface area contributed by atoms with E-state index in [1.807, 2.05) is 60.7 Å². The number of rotatable bonds is 14. The molecule has 32 heavy (non-hydrogen) atoms. The maximum atomic E-state index is 12.1. The molecule has 0 aromatic heterocycles. The second-order valence-electron chi connectivity index (χ2n) is 8.29. The molecule has 1 N–H and O–H groups in total. The van der Waals surface area contributed by atoms with Crippen LogP contribution in [0.25, 0.3) is 0 Å². The third kappa shape index (κ3) is 6.61. The summed E-state index contributed by atoms with van der Waals surface area (Å²) < 4.78 is 22.0. The summed E-state index contributed by atoms with van der Waals surface area (Å²) in [5.41, 5.74) is 0.634. The Bertz CT molecular complexity index is 698. The molecule has 0 aliphatic carbocycles. The van der Waals surface area contributed by atoms with Crippen LogP contribution in [0, 0.1) is 0 Å². The van der Waals surface area contributed by atoms with Crippen molar-refractivity contribution >= 4 is 0 Å². The Hall–Kier alpha value is -1.80. The van der Waals surface area contributed by atoms with Crippen LogP contribution >= 0.6 is 0 Å². The monoisotopic (exact) mass is 443 g/mol. The summed E-state index contributed by atoms with van der Waals surface area (Å²) >= 11 is 0. The Morgan fingerprint density at radius 2 is 1.19 bits per heavy atom. The van der Waals surface area contributed by atoms with Crippen molar-refractivity contribution in [3.8, 4) is 0 Å². The molecule has 2 aromatic carbocycles. The summed E-state index contributed by atoms with van der Waals surface area (Å²) in [4.78, 5) is 2.37. The van der Waals surface area contributed by atoms with E-state index in [9.17, 15) is 5.11 Å². The second kappa shape index (κ2) is 13.0. The molecular weight excluding hydrogens is 406 g/mol. The SMILES string of the molecule is COCCOC[C@H]1CC[C@H](COCCOC)N1CC(O)(c1ccccc1)c1ccccc1. The highest BCUT2D eigenvalue weighted by Gasteiger charge is 2.41. The van der Waals surface area contributed by atoms with Gasteiger partial charge in [0, 0.05) is 32.8 Å². The fourth-order valence-electron chi connectivity index (χ4n) is 4.40. The van der Waals surface area contributed by atoms with Crippen LogP contribution in [0.1, 0.15) is 24.0 Å². The molecule has 0 amide bonds. The zero-order valence-corrected chi connectivity index (χ0v) is 19.3. The molecule has 1 heterocycles. The molecule has 0 radical (unpaired) electrons. The first-order valence-electron chi connectivity index (χ1n) is 11.4. The first kappa shape index (κ1) is 24.8. The first-order valence-corrected chi connectivity index (χ1v) is 11.4. The lowest BCUT2D eigenvalue weighted by molar-refractivity contribution is -0.0283. The van der Waals surface area contributed by atoms with Gasteiger partial charge in [-0.1, -0.05) is 60.7 Å². The molecule has 6 nitrogen and oxygen atoms in total. The number of nitrogens with zero attached hydrogens (tertiary/aromatic N) is 1. The summed E-state index contributed by atoms with van der Waals surface area (Å²) in [6.45, 7) is 3.98. The van der Waals surface area contributed by atoms with Crippen molar-refractivity contribution in [2.45, 2.75) is 30.5 Å². The van der Waals surface area contributed by atoms with E-state index in [0.717, 1.165) is 24.0 Å². The van der Waals surface area contributed by atoms with Crippen LogP contribution in [0.4, 0.5) is 0 Å². The van der Waals surface area contributed by atoms with Crippen molar-refractivity contribution in [2.24, 2.45) is 0 Å². The Labute approximate surface area is 192 Å². The maximum Gasteiger partial charge on any atom is 0.127 e. The van der Waals surface area contributed by atoms with Gasteiger partial charge in [0.2, 0.25) is 0 Å². The van der Waals surface area contributed by atoms with Gasteiger partial charge in [0.05, 0.1) is 39.6 Å². The average Bonchev–Trinajstić information content (AvgIpc) is 3.21. The van der Waals surface area contributed by atoms with Gasteiger partial charge in [-0.05, 0) is 24.0 Å². The Morgan fingerprint density at radius 3 is 1.59 bits per heavy atom. The van der Waals surface area contributed by atoms with Gasteiger partial charge < -0.3 is 24.1 Å².